The van der Waals surface area contributed by atoms with Crippen LogP contribution in [0, 0.1) is 12.8 Å². The number of hydrogen-bond donors (Lipinski definition) is 2. The molecule has 0 bridgehead atoms. The number of likely N-dealkylation sites (tertiary alicyclic amines) is 1. The first-order valence-electron chi connectivity index (χ1n) is 7.55. The number of amides is 1. The fourth-order valence-corrected chi connectivity index (χ4v) is 3.09. The monoisotopic (exact) mass is 291 g/mol. The molecule has 1 aromatic rings. The van der Waals surface area contributed by atoms with Crippen LogP contribution in [0.1, 0.15) is 54.0 Å². The van der Waals surface area contributed by atoms with E-state index in [4.69, 9.17) is 0 Å². The van der Waals surface area contributed by atoms with Crippen LogP contribution in [-0.4, -0.2) is 45.1 Å². The number of aliphatic hydroxyl groups excluding tert-OH is 1. The lowest BCUT2D eigenvalue weighted by atomic mass is 10.0. The van der Waals surface area contributed by atoms with Crippen LogP contribution in [0.5, 0.6) is 0 Å². The van der Waals surface area contributed by atoms with E-state index in [1.54, 1.807) is 11.8 Å². The average molecular weight is 291 g/mol. The fourth-order valence-electron chi connectivity index (χ4n) is 3.09. The van der Waals surface area contributed by atoms with Crippen LogP contribution in [-0.2, 0) is 0 Å². The summed E-state index contributed by atoms with van der Waals surface area (Å²) in [4.78, 5) is 33.7. The van der Waals surface area contributed by atoms with E-state index < -0.39 is 0 Å². The zero-order valence-corrected chi connectivity index (χ0v) is 12.4. The highest BCUT2D eigenvalue weighted by Crippen LogP contribution is 2.37. The Morgan fingerprint density at radius 2 is 2.14 bits per heavy atom. The lowest BCUT2D eigenvalue weighted by Gasteiger charge is -2.25. The van der Waals surface area contributed by atoms with Crippen molar-refractivity contribution in [2.75, 3.05) is 13.2 Å². The molecular weight excluding hydrogens is 270 g/mol. The normalized spacial score (nSPS) is 25.4. The molecule has 2 aliphatic rings. The first-order valence-corrected chi connectivity index (χ1v) is 7.55. The molecule has 3 rings (SSSR count). The Labute approximate surface area is 123 Å². The van der Waals surface area contributed by atoms with Crippen molar-refractivity contribution in [2.24, 2.45) is 5.92 Å². The van der Waals surface area contributed by atoms with E-state index in [1.807, 2.05) is 6.92 Å². The molecule has 21 heavy (non-hydrogen) atoms. The Morgan fingerprint density at radius 3 is 2.71 bits per heavy atom. The number of aromatic nitrogens is 2. The van der Waals surface area contributed by atoms with E-state index in [-0.39, 0.29) is 35.6 Å². The van der Waals surface area contributed by atoms with Crippen molar-refractivity contribution < 1.29 is 9.90 Å². The third-order valence-electron chi connectivity index (χ3n) is 4.63. The number of hydrogen-bond acceptors (Lipinski definition) is 4. The second-order valence-electron chi connectivity index (χ2n) is 6.20. The van der Waals surface area contributed by atoms with Gasteiger partial charge in [-0.3, -0.25) is 9.59 Å². The van der Waals surface area contributed by atoms with E-state index in [0.717, 1.165) is 19.3 Å². The highest BCUT2D eigenvalue weighted by Gasteiger charge is 2.36. The quantitative estimate of drug-likeness (QED) is 0.862. The highest BCUT2D eigenvalue weighted by atomic mass is 16.3. The van der Waals surface area contributed by atoms with Crippen molar-refractivity contribution in [1.82, 2.24) is 14.9 Å². The molecule has 2 unspecified atom stereocenters. The van der Waals surface area contributed by atoms with Crippen LogP contribution in [0.2, 0.25) is 0 Å². The van der Waals surface area contributed by atoms with Crippen LogP contribution >= 0.6 is 0 Å². The number of carbonyl (C=O) groups is 1. The predicted octanol–water partition coefficient (Wildman–Crippen LogP) is 0.799. The SMILES string of the molecule is Cc1nc(C2CC2)[nH]c(=O)c1C(=O)N1CCC(C)C1CO. The predicted molar refractivity (Wildman–Crippen MR) is 77.3 cm³/mol. The van der Waals surface area contributed by atoms with Crippen LogP contribution in [0.3, 0.4) is 0 Å². The molecule has 0 aromatic carbocycles. The molecule has 1 aliphatic heterocycles. The van der Waals surface area contributed by atoms with E-state index in [9.17, 15) is 14.7 Å². The topological polar surface area (TPSA) is 86.3 Å². The maximum atomic E-state index is 12.7. The number of aromatic amines is 1. The van der Waals surface area contributed by atoms with Crippen molar-refractivity contribution in [3.63, 3.8) is 0 Å². The Balaban J connectivity index is 1.93. The maximum Gasteiger partial charge on any atom is 0.264 e. The summed E-state index contributed by atoms with van der Waals surface area (Å²) in [5.74, 6) is 0.976. The van der Waals surface area contributed by atoms with Gasteiger partial charge in [-0.25, -0.2) is 4.98 Å². The summed E-state index contributed by atoms with van der Waals surface area (Å²) >= 11 is 0. The zero-order chi connectivity index (χ0) is 15.1. The standard InChI is InChI=1S/C15H21N3O3/c1-8-5-6-18(11(8)7-19)15(21)12-9(2)16-13(10-3-4-10)17-14(12)20/h8,10-11,19H,3-7H2,1-2H3,(H,16,17,20). The minimum Gasteiger partial charge on any atom is -0.394 e. The minimum atomic E-state index is -0.356. The summed E-state index contributed by atoms with van der Waals surface area (Å²) in [6.07, 6.45) is 2.94. The summed E-state index contributed by atoms with van der Waals surface area (Å²) in [5, 5.41) is 9.47. The largest absolute Gasteiger partial charge is 0.394 e. The van der Waals surface area contributed by atoms with Crippen LogP contribution in [0.15, 0.2) is 4.79 Å². The summed E-state index contributed by atoms with van der Waals surface area (Å²) < 4.78 is 0. The van der Waals surface area contributed by atoms with E-state index in [0.29, 0.717) is 24.0 Å². The Kier molecular flexibility index (Phi) is 3.57. The van der Waals surface area contributed by atoms with Crippen LogP contribution in [0.25, 0.3) is 0 Å². The minimum absolute atomic E-state index is 0.0720. The second-order valence-corrected chi connectivity index (χ2v) is 6.20. The van der Waals surface area contributed by atoms with Crippen molar-refractivity contribution in [3.8, 4) is 0 Å². The van der Waals surface area contributed by atoms with Crippen molar-refractivity contribution in [1.29, 1.82) is 0 Å². The third-order valence-corrected chi connectivity index (χ3v) is 4.63. The smallest absolute Gasteiger partial charge is 0.264 e. The molecule has 1 saturated heterocycles. The van der Waals surface area contributed by atoms with Gasteiger partial charge in [0.15, 0.2) is 0 Å². The van der Waals surface area contributed by atoms with Crippen molar-refractivity contribution in [2.45, 2.75) is 45.1 Å². The molecule has 1 aromatic heterocycles. The van der Waals surface area contributed by atoms with Gasteiger partial charge in [-0.05, 0) is 32.1 Å². The Bertz CT molecular complexity index is 621. The van der Waals surface area contributed by atoms with Crippen molar-refractivity contribution >= 4 is 5.91 Å². The third kappa shape index (κ3) is 2.48. The molecule has 2 heterocycles. The van der Waals surface area contributed by atoms with Gasteiger partial charge in [0.1, 0.15) is 11.4 Å². The lowest BCUT2D eigenvalue weighted by molar-refractivity contribution is 0.0645. The van der Waals surface area contributed by atoms with E-state index in [2.05, 4.69) is 9.97 Å². The second kappa shape index (κ2) is 5.26. The van der Waals surface area contributed by atoms with Crippen LogP contribution in [0.4, 0.5) is 0 Å². The van der Waals surface area contributed by atoms with E-state index in [1.165, 1.54) is 0 Å². The Morgan fingerprint density at radius 1 is 1.43 bits per heavy atom. The summed E-state index contributed by atoms with van der Waals surface area (Å²) in [7, 11) is 0. The number of nitrogens with zero attached hydrogens (tertiary/aromatic N) is 2. The lowest BCUT2D eigenvalue weighted by Crippen LogP contribution is -2.42. The number of aryl methyl sites for hydroxylation is 1. The molecular formula is C15H21N3O3. The fraction of sp³-hybridized carbons (Fsp3) is 0.667. The van der Waals surface area contributed by atoms with Gasteiger partial charge in [-0.2, -0.15) is 0 Å². The molecule has 6 heteroatoms. The molecule has 1 aliphatic carbocycles. The summed E-state index contributed by atoms with van der Waals surface area (Å²) in [6, 6.07) is -0.209. The molecule has 2 N–H and O–H groups in total. The Hall–Kier alpha value is -1.69. The highest BCUT2D eigenvalue weighted by molar-refractivity contribution is 5.95. The number of carbonyl (C=O) groups excluding carboxylic acids is 1. The first-order chi connectivity index (χ1) is 10.0. The molecule has 1 amide bonds. The van der Waals surface area contributed by atoms with Crippen LogP contribution < -0.4 is 5.56 Å². The molecule has 2 fully saturated rings. The summed E-state index contributed by atoms with van der Waals surface area (Å²) in [5.41, 5.74) is 0.250. The average Bonchev–Trinajstić information content (AvgIpc) is 3.21. The number of nitrogens with one attached hydrogen (secondary N) is 1. The molecule has 0 radical (unpaired) electrons. The van der Waals surface area contributed by atoms with Gasteiger partial charge in [0.2, 0.25) is 0 Å². The number of rotatable bonds is 3. The van der Waals surface area contributed by atoms with E-state index >= 15 is 0 Å². The van der Waals surface area contributed by atoms with Gasteiger partial charge in [-0.1, -0.05) is 6.92 Å². The van der Waals surface area contributed by atoms with Gasteiger partial charge in [0.05, 0.1) is 18.3 Å². The van der Waals surface area contributed by atoms with Gasteiger partial charge in [-0.15, -0.1) is 0 Å². The number of H-pyrrole nitrogens is 1. The zero-order valence-electron chi connectivity index (χ0n) is 12.4. The van der Waals surface area contributed by atoms with Crippen molar-refractivity contribution in [3.05, 3.63) is 27.4 Å². The van der Waals surface area contributed by atoms with Gasteiger partial charge in [0.25, 0.3) is 11.5 Å². The molecule has 6 nitrogen and oxygen atoms in total. The van der Waals surface area contributed by atoms with Gasteiger partial charge < -0.3 is 15.0 Å². The molecule has 1 saturated carbocycles. The van der Waals surface area contributed by atoms with Gasteiger partial charge >= 0.3 is 0 Å². The maximum absolute atomic E-state index is 12.7. The van der Waals surface area contributed by atoms with Gasteiger partial charge in [0, 0.05) is 12.5 Å². The summed E-state index contributed by atoms with van der Waals surface area (Å²) in [6.45, 7) is 4.23. The molecule has 2 atom stereocenters. The molecule has 114 valence electrons. The first kappa shape index (κ1) is 14.3. The number of aliphatic hydroxyl groups is 1. The molecule has 0 spiro atoms.